The summed E-state index contributed by atoms with van der Waals surface area (Å²) in [5.41, 5.74) is 1.88. The predicted octanol–water partition coefficient (Wildman–Crippen LogP) is 4.57. The van der Waals surface area contributed by atoms with Crippen LogP contribution in [0.3, 0.4) is 0 Å². The fraction of sp³-hybridized carbons (Fsp3) is 0.318. The van der Waals surface area contributed by atoms with E-state index < -0.39 is 12.1 Å². The largest absolute Gasteiger partial charge is 0.449 e. The molecule has 4 rings (SSSR count). The SMILES string of the molecule is CC(OC(=O)c1cc(-c2cccs2)nc2ccccc12)C(=O)NC1CCCC1. The van der Waals surface area contributed by atoms with Gasteiger partial charge < -0.3 is 10.1 Å². The Hall–Kier alpha value is -2.73. The maximum Gasteiger partial charge on any atom is 0.339 e. The van der Waals surface area contributed by atoms with Gasteiger partial charge in [0.05, 0.1) is 21.7 Å². The van der Waals surface area contributed by atoms with Crippen LogP contribution in [0.1, 0.15) is 43.0 Å². The molecule has 1 unspecified atom stereocenters. The van der Waals surface area contributed by atoms with Crippen LogP contribution in [0.4, 0.5) is 0 Å². The summed E-state index contributed by atoms with van der Waals surface area (Å²) in [6.45, 7) is 1.62. The Labute approximate surface area is 167 Å². The maximum absolute atomic E-state index is 12.9. The number of benzene rings is 1. The van der Waals surface area contributed by atoms with Crippen LogP contribution in [0.25, 0.3) is 21.5 Å². The summed E-state index contributed by atoms with van der Waals surface area (Å²) in [5, 5.41) is 5.67. The molecule has 1 fully saturated rings. The summed E-state index contributed by atoms with van der Waals surface area (Å²) in [5.74, 6) is -0.748. The number of para-hydroxylation sites is 1. The van der Waals surface area contributed by atoms with Gasteiger partial charge >= 0.3 is 5.97 Å². The summed E-state index contributed by atoms with van der Waals surface area (Å²) >= 11 is 1.56. The molecular weight excluding hydrogens is 372 g/mol. The standard InChI is InChI=1S/C22H22N2O3S/c1-14(21(25)23-15-7-2-3-8-15)27-22(26)17-13-19(20-11-6-12-28-20)24-18-10-5-4-9-16(17)18/h4-6,9-15H,2-3,7-8H2,1H3,(H,23,25). The Morgan fingerprint density at radius 3 is 2.71 bits per heavy atom. The highest BCUT2D eigenvalue weighted by molar-refractivity contribution is 7.13. The molecule has 5 nitrogen and oxygen atoms in total. The van der Waals surface area contributed by atoms with Crippen molar-refractivity contribution >= 4 is 34.1 Å². The first-order valence-corrected chi connectivity index (χ1v) is 10.4. The lowest BCUT2D eigenvalue weighted by molar-refractivity contribution is -0.129. The predicted molar refractivity (Wildman–Crippen MR) is 110 cm³/mol. The molecule has 0 aliphatic heterocycles. The average Bonchev–Trinajstić information content (AvgIpc) is 3.41. The Bertz CT molecular complexity index is 994. The number of rotatable bonds is 5. The molecule has 1 aliphatic carbocycles. The van der Waals surface area contributed by atoms with E-state index in [1.165, 1.54) is 0 Å². The fourth-order valence-electron chi connectivity index (χ4n) is 3.56. The number of amides is 1. The normalized spacial score (nSPS) is 15.5. The van der Waals surface area contributed by atoms with Crippen LogP contribution < -0.4 is 5.32 Å². The molecule has 1 N–H and O–H groups in total. The van der Waals surface area contributed by atoms with Crippen molar-refractivity contribution in [1.82, 2.24) is 10.3 Å². The molecule has 0 radical (unpaired) electrons. The quantitative estimate of drug-likeness (QED) is 0.644. The number of hydrogen-bond donors (Lipinski definition) is 1. The number of aromatic nitrogens is 1. The van der Waals surface area contributed by atoms with Crippen molar-refractivity contribution in [1.29, 1.82) is 0 Å². The number of nitrogens with one attached hydrogen (secondary N) is 1. The summed E-state index contributed by atoms with van der Waals surface area (Å²) in [7, 11) is 0. The maximum atomic E-state index is 12.9. The van der Waals surface area contributed by atoms with E-state index in [9.17, 15) is 9.59 Å². The first-order chi connectivity index (χ1) is 13.6. The van der Waals surface area contributed by atoms with Crippen molar-refractivity contribution in [3.63, 3.8) is 0 Å². The lowest BCUT2D eigenvalue weighted by atomic mass is 10.1. The molecule has 1 aliphatic rings. The van der Waals surface area contributed by atoms with Gasteiger partial charge in [-0.25, -0.2) is 9.78 Å². The molecule has 1 amide bonds. The zero-order valence-corrected chi connectivity index (χ0v) is 16.5. The van der Waals surface area contributed by atoms with Crippen LogP contribution in [-0.2, 0) is 9.53 Å². The van der Waals surface area contributed by atoms with E-state index in [4.69, 9.17) is 4.74 Å². The number of pyridine rings is 1. The molecule has 0 saturated heterocycles. The molecule has 1 atom stereocenters. The molecule has 2 aromatic heterocycles. The number of ether oxygens (including phenoxy) is 1. The molecule has 3 aromatic rings. The van der Waals surface area contributed by atoms with E-state index in [1.54, 1.807) is 24.3 Å². The lowest BCUT2D eigenvalue weighted by Crippen LogP contribution is -2.40. The highest BCUT2D eigenvalue weighted by atomic mass is 32.1. The van der Waals surface area contributed by atoms with Crippen LogP contribution in [-0.4, -0.2) is 29.0 Å². The van der Waals surface area contributed by atoms with Gasteiger partial charge in [-0.05, 0) is 43.3 Å². The first kappa shape index (κ1) is 18.6. The van der Waals surface area contributed by atoms with Gasteiger partial charge in [-0.1, -0.05) is 37.1 Å². The Morgan fingerprint density at radius 1 is 1.18 bits per heavy atom. The molecule has 6 heteroatoms. The van der Waals surface area contributed by atoms with Crippen LogP contribution in [0, 0.1) is 0 Å². The molecular formula is C22H22N2O3S. The Balaban J connectivity index is 1.58. The van der Waals surface area contributed by atoms with Crippen molar-refractivity contribution in [2.75, 3.05) is 0 Å². The molecule has 0 bridgehead atoms. The van der Waals surface area contributed by atoms with Crippen molar-refractivity contribution in [2.24, 2.45) is 0 Å². The monoisotopic (exact) mass is 394 g/mol. The Morgan fingerprint density at radius 2 is 1.96 bits per heavy atom. The van der Waals surface area contributed by atoms with Crippen molar-refractivity contribution in [3.8, 4) is 10.6 Å². The van der Waals surface area contributed by atoms with Gasteiger partial charge in [-0.3, -0.25) is 4.79 Å². The van der Waals surface area contributed by atoms with Gasteiger partial charge in [0.25, 0.3) is 5.91 Å². The van der Waals surface area contributed by atoms with Crippen LogP contribution in [0.5, 0.6) is 0 Å². The second-order valence-corrected chi connectivity index (χ2v) is 8.03. The van der Waals surface area contributed by atoms with Gasteiger partial charge in [-0.15, -0.1) is 11.3 Å². The highest BCUT2D eigenvalue weighted by Crippen LogP contribution is 2.28. The number of hydrogen-bond acceptors (Lipinski definition) is 5. The third kappa shape index (κ3) is 3.92. The number of thiophene rings is 1. The fourth-order valence-corrected chi connectivity index (χ4v) is 4.25. The molecule has 28 heavy (non-hydrogen) atoms. The topological polar surface area (TPSA) is 68.3 Å². The minimum atomic E-state index is -0.842. The second kappa shape index (κ2) is 8.10. The smallest absolute Gasteiger partial charge is 0.339 e. The summed E-state index contributed by atoms with van der Waals surface area (Å²) < 4.78 is 5.51. The van der Waals surface area contributed by atoms with Gasteiger partial charge in [0.15, 0.2) is 6.10 Å². The molecule has 0 spiro atoms. The summed E-state index contributed by atoms with van der Waals surface area (Å²) in [4.78, 5) is 30.9. The lowest BCUT2D eigenvalue weighted by Gasteiger charge is -2.17. The van der Waals surface area contributed by atoms with Crippen LogP contribution in [0.2, 0.25) is 0 Å². The van der Waals surface area contributed by atoms with E-state index in [0.29, 0.717) is 5.56 Å². The summed E-state index contributed by atoms with van der Waals surface area (Å²) in [6, 6.07) is 13.3. The number of carbonyl (C=O) groups excluding carboxylic acids is 2. The van der Waals surface area contributed by atoms with Gasteiger partial charge in [0.2, 0.25) is 0 Å². The number of esters is 1. The van der Waals surface area contributed by atoms with Gasteiger partial charge in [0.1, 0.15) is 0 Å². The van der Waals surface area contributed by atoms with Gasteiger partial charge in [-0.2, -0.15) is 0 Å². The highest BCUT2D eigenvalue weighted by Gasteiger charge is 2.24. The summed E-state index contributed by atoms with van der Waals surface area (Å²) in [6.07, 6.45) is 3.41. The van der Waals surface area contributed by atoms with E-state index in [1.807, 2.05) is 41.8 Å². The number of fused-ring (bicyclic) bond motifs is 1. The van der Waals surface area contributed by atoms with E-state index in [2.05, 4.69) is 10.3 Å². The number of carbonyl (C=O) groups is 2. The molecule has 1 aromatic carbocycles. The van der Waals surface area contributed by atoms with E-state index in [0.717, 1.165) is 47.2 Å². The second-order valence-electron chi connectivity index (χ2n) is 7.09. The van der Waals surface area contributed by atoms with Gasteiger partial charge in [0, 0.05) is 11.4 Å². The van der Waals surface area contributed by atoms with Crippen LogP contribution >= 0.6 is 11.3 Å². The minimum Gasteiger partial charge on any atom is -0.449 e. The minimum absolute atomic E-state index is 0.195. The van der Waals surface area contributed by atoms with E-state index in [-0.39, 0.29) is 11.9 Å². The zero-order chi connectivity index (χ0) is 19.5. The average molecular weight is 394 g/mol. The third-order valence-corrected chi connectivity index (χ3v) is 5.96. The Kier molecular flexibility index (Phi) is 5.39. The van der Waals surface area contributed by atoms with E-state index >= 15 is 0 Å². The molecule has 144 valence electrons. The zero-order valence-electron chi connectivity index (χ0n) is 15.7. The van der Waals surface area contributed by atoms with Crippen molar-refractivity contribution in [2.45, 2.75) is 44.8 Å². The number of nitrogens with zero attached hydrogens (tertiary/aromatic N) is 1. The van der Waals surface area contributed by atoms with Crippen LogP contribution in [0.15, 0.2) is 47.8 Å². The molecule has 1 saturated carbocycles. The first-order valence-electron chi connectivity index (χ1n) is 9.57. The molecule has 2 heterocycles. The van der Waals surface area contributed by atoms with Crippen molar-refractivity contribution in [3.05, 3.63) is 53.4 Å². The third-order valence-electron chi connectivity index (χ3n) is 5.06. The van der Waals surface area contributed by atoms with Crippen molar-refractivity contribution < 1.29 is 14.3 Å².